The van der Waals surface area contributed by atoms with E-state index in [9.17, 15) is 0 Å². The lowest BCUT2D eigenvalue weighted by atomic mass is 10.1. The summed E-state index contributed by atoms with van der Waals surface area (Å²) in [7, 11) is 0. The molecule has 3 aromatic rings. The summed E-state index contributed by atoms with van der Waals surface area (Å²) in [6, 6.07) is 12.1. The number of hydrogen-bond acceptors (Lipinski definition) is 1. The molecule has 1 heterocycles. The van der Waals surface area contributed by atoms with Crippen molar-refractivity contribution in [2.45, 2.75) is 13.3 Å². The van der Waals surface area contributed by atoms with Gasteiger partial charge in [0.2, 0.25) is 0 Å². The van der Waals surface area contributed by atoms with E-state index in [1.165, 1.54) is 5.56 Å². The number of aromatic nitrogens is 2. The molecule has 0 spiro atoms. The molecule has 0 aliphatic rings. The van der Waals surface area contributed by atoms with E-state index >= 15 is 0 Å². The highest BCUT2D eigenvalue weighted by Crippen LogP contribution is 2.27. The molecule has 0 amide bonds. The van der Waals surface area contributed by atoms with E-state index in [0.29, 0.717) is 5.02 Å². The van der Waals surface area contributed by atoms with Gasteiger partial charge in [0.15, 0.2) is 0 Å². The molecule has 0 aliphatic heterocycles. The number of rotatable bonds is 2. The molecule has 0 aliphatic carbocycles. The Bertz CT molecular complexity index is 729. The van der Waals surface area contributed by atoms with Gasteiger partial charge in [-0.3, -0.25) is 0 Å². The Morgan fingerprint density at radius 3 is 2.79 bits per heavy atom. The molecule has 0 unspecified atom stereocenters. The zero-order valence-electron chi connectivity index (χ0n) is 10.4. The van der Waals surface area contributed by atoms with E-state index in [2.05, 4.69) is 45.0 Å². The summed E-state index contributed by atoms with van der Waals surface area (Å²) in [6.07, 6.45) is 1.02. The van der Waals surface area contributed by atoms with E-state index in [1.807, 2.05) is 24.3 Å². The van der Waals surface area contributed by atoms with Gasteiger partial charge in [-0.1, -0.05) is 40.5 Å². The average molecular weight is 336 g/mol. The number of aromatic amines is 1. The number of aryl methyl sites for hydroxylation is 1. The van der Waals surface area contributed by atoms with Crippen LogP contribution in [0.3, 0.4) is 0 Å². The van der Waals surface area contributed by atoms with Crippen LogP contribution in [0.5, 0.6) is 0 Å². The quantitative estimate of drug-likeness (QED) is 0.684. The molecule has 0 bridgehead atoms. The number of benzene rings is 2. The molecule has 96 valence electrons. The number of imidazole rings is 1. The van der Waals surface area contributed by atoms with Crippen molar-refractivity contribution in [2.75, 3.05) is 0 Å². The first kappa shape index (κ1) is 12.7. The third-order valence-electron chi connectivity index (χ3n) is 3.09. The summed E-state index contributed by atoms with van der Waals surface area (Å²) in [4.78, 5) is 7.96. The lowest BCUT2D eigenvalue weighted by Crippen LogP contribution is -1.80. The summed E-state index contributed by atoms with van der Waals surface area (Å²) >= 11 is 9.53. The third kappa shape index (κ3) is 2.53. The maximum atomic E-state index is 6.07. The normalized spacial score (nSPS) is 11.1. The summed E-state index contributed by atoms with van der Waals surface area (Å²) in [5.74, 6) is 0.839. The minimum absolute atomic E-state index is 0.694. The Morgan fingerprint density at radius 2 is 2.05 bits per heavy atom. The molecule has 1 N–H and O–H groups in total. The molecule has 19 heavy (non-hydrogen) atoms. The van der Waals surface area contributed by atoms with Crippen LogP contribution in [0.4, 0.5) is 0 Å². The van der Waals surface area contributed by atoms with E-state index in [-0.39, 0.29) is 0 Å². The molecule has 4 heteroatoms. The molecule has 3 rings (SSSR count). The summed E-state index contributed by atoms with van der Waals surface area (Å²) in [5, 5.41) is 0.694. The van der Waals surface area contributed by atoms with Gasteiger partial charge >= 0.3 is 0 Å². The second-order valence-corrected chi connectivity index (χ2v) is 5.80. The molecule has 2 nitrogen and oxygen atoms in total. The van der Waals surface area contributed by atoms with Crippen molar-refractivity contribution in [3.8, 4) is 11.4 Å². The topological polar surface area (TPSA) is 28.7 Å². The number of hydrogen-bond donors (Lipinski definition) is 1. The van der Waals surface area contributed by atoms with Crippen LogP contribution in [0, 0.1) is 0 Å². The Hall–Kier alpha value is -1.32. The van der Waals surface area contributed by atoms with Gasteiger partial charge in [0, 0.05) is 15.1 Å². The van der Waals surface area contributed by atoms with Gasteiger partial charge in [-0.15, -0.1) is 0 Å². The Kier molecular flexibility index (Phi) is 3.33. The van der Waals surface area contributed by atoms with E-state index in [4.69, 9.17) is 11.6 Å². The largest absolute Gasteiger partial charge is 0.338 e. The standard InChI is InChI=1S/C15H12BrClN2/c1-2-9-3-4-13-14(5-9)19-15(18-13)10-6-11(16)8-12(17)7-10/h3-8H,2H2,1H3,(H,18,19). The van der Waals surface area contributed by atoms with E-state index < -0.39 is 0 Å². The van der Waals surface area contributed by atoms with Gasteiger partial charge in [-0.05, 0) is 42.3 Å². The molecular weight excluding hydrogens is 324 g/mol. The van der Waals surface area contributed by atoms with Gasteiger partial charge < -0.3 is 4.98 Å². The number of nitrogens with one attached hydrogen (secondary N) is 1. The zero-order chi connectivity index (χ0) is 13.4. The number of fused-ring (bicyclic) bond motifs is 1. The van der Waals surface area contributed by atoms with Gasteiger partial charge in [0.25, 0.3) is 0 Å². The highest BCUT2D eigenvalue weighted by atomic mass is 79.9. The maximum Gasteiger partial charge on any atom is 0.138 e. The molecule has 1 aromatic heterocycles. The fourth-order valence-corrected chi connectivity index (χ4v) is 2.96. The fraction of sp³-hybridized carbons (Fsp3) is 0.133. The van der Waals surface area contributed by atoms with Crippen molar-refractivity contribution in [2.24, 2.45) is 0 Å². The van der Waals surface area contributed by atoms with Crippen molar-refractivity contribution in [3.63, 3.8) is 0 Å². The second kappa shape index (κ2) is 4.99. The monoisotopic (exact) mass is 334 g/mol. The highest BCUT2D eigenvalue weighted by Gasteiger charge is 2.07. The average Bonchev–Trinajstić information content (AvgIpc) is 2.80. The van der Waals surface area contributed by atoms with Crippen LogP contribution in [-0.4, -0.2) is 9.97 Å². The van der Waals surface area contributed by atoms with Crippen LogP contribution >= 0.6 is 27.5 Å². The Balaban J connectivity index is 2.14. The minimum atomic E-state index is 0.694. The lowest BCUT2D eigenvalue weighted by molar-refractivity contribution is 1.14. The van der Waals surface area contributed by atoms with Crippen LogP contribution in [0.1, 0.15) is 12.5 Å². The van der Waals surface area contributed by atoms with Crippen molar-refractivity contribution >= 4 is 38.6 Å². The zero-order valence-corrected chi connectivity index (χ0v) is 12.7. The van der Waals surface area contributed by atoms with Gasteiger partial charge in [0.05, 0.1) is 11.0 Å². The first-order valence-corrected chi connectivity index (χ1v) is 7.28. The molecule has 0 saturated carbocycles. The van der Waals surface area contributed by atoms with Crippen LogP contribution in [0.25, 0.3) is 22.4 Å². The van der Waals surface area contributed by atoms with Gasteiger partial charge in [-0.2, -0.15) is 0 Å². The molecule has 2 aromatic carbocycles. The number of H-pyrrole nitrogens is 1. The number of halogens is 2. The molecule has 0 fully saturated rings. The summed E-state index contributed by atoms with van der Waals surface area (Å²) in [5.41, 5.74) is 4.32. The van der Waals surface area contributed by atoms with Crippen molar-refractivity contribution in [3.05, 3.63) is 51.5 Å². The first-order valence-electron chi connectivity index (χ1n) is 6.11. The lowest BCUT2D eigenvalue weighted by Gasteiger charge is -1.99. The third-order valence-corrected chi connectivity index (χ3v) is 3.77. The number of nitrogens with zero attached hydrogens (tertiary/aromatic N) is 1. The predicted octanol–water partition coefficient (Wildman–Crippen LogP) is 5.21. The molecule has 0 radical (unpaired) electrons. The highest BCUT2D eigenvalue weighted by molar-refractivity contribution is 9.10. The second-order valence-electron chi connectivity index (χ2n) is 4.45. The molecular formula is C15H12BrClN2. The molecule has 0 atom stereocenters. The fourth-order valence-electron chi connectivity index (χ4n) is 2.10. The smallest absolute Gasteiger partial charge is 0.138 e. The Labute approximate surface area is 124 Å². The van der Waals surface area contributed by atoms with Crippen molar-refractivity contribution < 1.29 is 0 Å². The van der Waals surface area contributed by atoms with Crippen LogP contribution in [-0.2, 0) is 6.42 Å². The van der Waals surface area contributed by atoms with Crippen LogP contribution in [0.2, 0.25) is 5.02 Å². The summed E-state index contributed by atoms with van der Waals surface area (Å²) in [6.45, 7) is 2.15. The Morgan fingerprint density at radius 1 is 1.21 bits per heavy atom. The maximum absolute atomic E-state index is 6.07. The molecule has 0 saturated heterocycles. The first-order chi connectivity index (χ1) is 9.15. The SMILES string of the molecule is CCc1ccc2nc(-c3cc(Cl)cc(Br)c3)[nH]c2c1. The van der Waals surface area contributed by atoms with Gasteiger partial charge in [0.1, 0.15) is 5.82 Å². The minimum Gasteiger partial charge on any atom is -0.338 e. The van der Waals surface area contributed by atoms with Crippen molar-refractivity contribution in [1.29, 1.82) is 0 Å². The van der Waals surface area contributed by atoms with Crippen LogP contribution in [0.15, 0.2) is 40.9 Å². The van der Waals surface area contributed by atoms with Crippen molar-refractivity contribution in [1.82, 2.24) is 9.97 Å². The van der Waals surface area contributed by atoms with Crippen LogP contribution < -0.4 is 0 Å². The summed E-state index contributed by atoms with van der Waals surface area (Å²) < 4.78 is 0.949. The van der Waals surface area contributed by atoms with E-state index in [0.717, 1.165) is 33.3 Å². The van der Waals surface area contributed by atoms with E-state index in [1.54, 1.807) is 0 Å². The van der Waals surface area contributed by atoms with Gasteiger partial charge in [-0.25, -0.2) is 4.98 Å². The predicted molar refractivity (Wildman–Crippen MR) is 83.6 cm³/mol.